The van der Waals surface area contributed by atoms with Crippen molar-refractivity contribution in [3.05, 3.63) is 29.3 Å². The van der Waals surface area contributed by atoms with E-state index in [1.807, 2.05) is 32.9 Å². The smallest absolute Gasteiger partial charge is 0.411 e. The lowest BCUT2D eigenvalue weighted by Crippen LogP contribution is -2.18. The summed E-state index contributed by atoms with van der Waals surface area (Å²) in [6.45, 7) is 6.24. The van der Waals surface area contributed by atoms with E-state index < -0.39 is 6.09 Å². The van der Waals surface area contributed by atoms with E-state index in [4.69, 9.17) is 22.7 Å². The summed E-state index contributed by atoms with van der Waals surface area (Å²) < 4.78 is 5.05. The molecule has 0 fully saturated rings. The fourth-order valence-electron chi connectivity index (χ4n) is 1.30. The quantitative estimate of drug-likeness (QED) is 0.822. The zero-order valence-electron chi connectivity index (χ0n) is 10.8. The second-order valence-electron chi connectivity index (χ2n) is 4.51. The molecule has 0 spiro atoms. The highest BCUT2D eigenvalue weighted by Gasteiger charge is 2.08. The zero-order chi connectivity index (χ0) is 13.7. The molecule has 4 nitrogen and oxygen atoms in total. The first-order valence-electron chi connectivity index (χ1n) is 5.74. The number of rotatable bonds is 4. The number of amides is 1. The number of nitrogens with one attached hydrogen (secondary N) is 1. The Bertz CT molecular complexity index is 458. The summed E-state index contributed by atoms with van der Waals surface area (Å²) in [6, 6.07) is 5.42. The van der Waals surface area contributed by atoms with Crippen molar-refractivity contribution in [2.24, 2.45) is 11.7 Å². The monoisotopic (exact) mass is 266 g/mol. The lowest BCUT2D eigenvalue weighted by Gasteiger charge is -2.11. The number of carbonyl (C=O) groups excluding carboxylic acids is 1. The van der Waals surface area contributed by atoms with E-state index in [1.165, 1.54) is 0 Å². The molecule has 1 rings (SSSR count). The maximum absolute atomic E-state index is 11.6. The minimum absolute atomic E-state index is 0.300. The third-order valence-corrected chi connectivity index (χ3v) is 2.54. The van der Waals surface area contributed by atoms with E-state index >= 15 is 0 Å². The van der Waals surface area contributed by atoms with Crippen LogP contribution in [0.15, 0.2) is 18.2 Å². The number of aryl methyl sites for hydroxylation is 1. The number of hydrogen-bond donors (Lipinski definition) is 2. The molecule has 0 atom stereocenters. The molecule has 1 aromatic carbocycles. The van der Waals surface area contributed by atoms with Crippen LogP contribution < -0.4 is 11.1 Å². The highest BCUT2D eigenvalue weighted by Crippen LogP contribution is 2.17. The standard InChI is InChI=1S/C13H18N2O2S/c1-8(2)7-17-13(16)15-11-6-10(12(14)18)5-4-9(11)3/h4-6,8H,7H2,1-3H3,(H2,14,18)(H,15,16). The van der Waals surface area contributed by atoms with Gasteiger partial charge in [-0.05, 0) is 24.5 Å². The van der Waals surface area contributed by atoms with Crippen LogP contribution in [-0.2, 0) is 4.74 Å². The minimum Gasteiger partial charge on any atom is -0.449 e. The van der Waals surface area contributed by atoms with Crippen molar-refractivity contribution in [1.29, 1.82) is 0 Å². The van der Waals surface area contributed by atoms with Crippen molar-refractivity contribution in [3.8, 4) is 0 Å². The SMILES string of the molecule is Cc1ccc(C(N)=S)cc1NC(=O)OCC(C)C. The lowest BCUT2D eigenvalue weighted by atomic mass is 10.1. The van der Waals surface area contributed by atoms with Gasteiger partial charge in [-0.25, -0.2) is 4.79 Å². The van der Waals surface area contributed by atoms with Gasteiger partial charge in [0.05, 0.1) is 6.61 Å². The molecule has 1 aromatic rings. The van der Waals surface area contributed by atoms with E-state index in [2.05, 4.69) is 5.32 Å². The van der Waals surface area contributed by atoms with Gasteiger partial charge in [-0.3, -0.25) is 5.32 Å². The second kappa shape index (κ2) is 6.35. The summed E-state index contributed by atoms with van der Waals surface area (Å²) in [7, 11) is 0. The van der Waals surface area contributed by atoms with Gasteiger partial charge in [0, 0.05) is 11.3 Å². The Morgan fingerprint density at radius 2 is 2.17 bits per heavy atom. The topological polar surface area (TPSA) is 64.3 Å². The summed E-state index contributed by atoms with van der Waals surface area (Å²) >= 11 is 4.90. The Kier molecular flexibility index (Phi) is 5.09. The van der Waals surface area contributed by atoms with Crippen LogP contribution in [0.2, 0.25) is 0 Å². The van der Waals surface area contributed by atoms with Gasteiger partial charge in [0.2, 0.25) is 0 Å². The van der Waals surface area contributed by atoms with Crippen molar-refractivity contribution < 1.29 is 9.53 Å². The van der Waals surface area contributed by atoms with Gasteiger partial charge >= 0.3 is 6.09 Å². The Balaban J connectivity index is 2.74. The average molecular weight is 266 g/mol. The molecule has 18 heavy (non-hydrogen) atoms. The Hall–Kier alpha value is -1.62. The second-order valence-corrected chi connectivity index (χ2v) is 4.95. The van der Waals surface area contributed by atoms with Gasteiger partial charge in [-0.1, -0.05) is 38.2 Å². The van der Waals surface area contributed by atoms with Crippen LogP contribution in [0.3, 0.4) is 0 Å². The number of nitrogens with two attached hydrogens (primary N) is 1. The lowest BCUT2D eigenvalue weighted by molar-refractivity contribution is 0.147. The summed E-state index contributed by atoms with van der Waals surface area (Å²) in [5, 5.41) is 2.68. The van der Waals surface area contributed by atoms with Gasteiger partial charge in [0.15, 0.2) is 0 Å². The number of thiocarbonyl (C=S) groups is 1. The van der Waals surface area contributed by atoms with E-state index in [0.717, 1.165) is 11.1 Å². The largest absolute Gasteiger partial charge is 0.449 e. The van der Waals surface area contributed by atoms with Crippen LogP contribution >= 0.6 is 12.2 Å². The third kappa shape index (κ3) is 4.33. The van der Waals surface area contributed by atoms with Gasteiger partial charge < -0.3 is 10.5 Å². The van der Waals surface area contributed by atoms with Crippen molar-refractivity contribution in [2.75, 3.05) is 11.9 Å². The molecule has 0 saturated carbocycles. The van der Waals surface area contributed by atoms with Gasteiger partial charge in [0.25, 0.3) is 0 Å². The molecule has 0 unspecified atom stereocenters. The fourth-order valence-corrected chi connectivity index (χ4v) is 1.43. The summed E-state index contributed by atoms with van der Waals surface area (Å²) in [6.07, 6.45) is -0.466. The first-order chi connectivity index (χ1) is 8.40. The number of hydrogen-bond acceptors (Lipinski definition) is 3. The fraction of sp³-hybridized carbons (Fsp3) is 0.385. The first kappa shape index (κ1) is 14.4. The predicted octanol–water partition coefficient (Wildman–Crippen LogP) is 2.83. The van der Waals surface area contributed by atoms with Crippen LogP contribution in [0.1, 0.15) is 25.0 Å². The maximum Gasteiger partial charge on any atom is 0.411 e. The van der Waals surface area contributed by atoms with E-state index in [9.17, 15) is 4.79 Å². The van der Waals surface area contributed by atoms with Crippen molar-refractivity contribution in [3.63, 3.8) is 0 Å². The minimum atomic E-state index is -0.466. The molecule has 0 aromatic heterocycles. The van der Waals surface area contributed by atoms with E-state index in [0.29, 0.717) is 23.2 Å². The normalized spacial score (nSPS) is 10.2. The third-order valence-electron chi connectivity index (χ3n) is 2.31. The zero-order valence-corrected chi connectivity index (χ0v) is 11.6. The van der Waals surface area contributed by atoms with Crippen LogP contribution in [0, 0.1) is 12.8 Å². The molecule has 0 heterocycles. The average Bonchev–Trinajstić information content (AvgIpc) is 2.29. The Labute approximate surface area is 113 Å². The Morgan fingerprint density at radius 1 is 1.50 bits per heavy atom. The van der Waals surface area contributed by atoms with Crippen LogP contribution in [0.5, 0.6) is 0 Å². The number of anilines is 1. The van der Waals surface area contributed by atoms with Crippen molar-refractivity contribution in [1.82, 2.24) is 0 Å². The number of ether oxygens (including phenoxy) is 1. The summed E-state index contributed by atoms with van der Waals surface area (Å²) in [5.41, 5.74) is 7.86. The van der Waals surface area contributed by atoms with Crippen LogP contribution in [-0.4, -0.2) is 17.7 Å². The van der Waals surface area contributed by atoms with Crippen molar-refractivity contribution in [2.45, 2.75) is 20.8 Å². The van der Waals surface area contributed by atoms with Gasteiger partial charge in [0.1, 0.15) is 4.99 Å². The molecule has 0 radical (unpaired) electrons. The summed E-state index contributed by atoms with van der Waals surface area (Å²) in [5.74, 6) is 0.305. The first-order valence-corrected chi connectivity index (χ1v) is 6.15. The molecule has 3 N–H and O–H groups in total. The highest BCUT2D eigenvalue weighted by atomic mass is 32.1. The number of benzene rings is 1. The Morgan fingerprint density at radius 3 is 2.72 bits per heavy atom. The van der Waals surface area contributed by atoms with Crippen LogP contribution in [0.4, 0.5) is 10.5 Å². The molecule has 0 aliphatic carbocycles. The molecule has 5 heteroatoms. The van der Waals surface area contributed by atoms with Gasteiger partial charge in [-0.15, -0.1) is 0 Å². The molecule has 0 aliphatic heterocycles. The van der Waals surface area contributed by atoms with Crippen LogP contribution in [0.25, 0.3) is 0 Å². The van der Waals surface area contributed by atoms with Crippen molar-refractivity contribution >= 4 is 29.0 Å². The number of carbonyl (C=O) groups is 1. The maximum atomic E-state index is 11.6. The molecule has 0 aliphatic rings. The molecular weight excluding hydrogens is 248 g/mol. The van der Waals surface area contributed by atoms with E-state index in [-0.39, 0.29) is 0 Å². The molecular formula is C13H18N2O2S. The summed E-state index contributed by atoms with van der Waals surface area (Å²) in [4.78, 5) is 11.9. The highest BCUT2D eigenvalue weighted by molar-refractivity contribution is 7.80. The molecule has 1 amide bonds. The molecule has 98 valence electrons. The molecule has 0 bridgehead atoms. The van der Waals surface area contributed by atoms with Gasteiger partial charge in [-0.2, -0.15) is 0 Å². The predicted molar refractivity (Wildman–Crippen MR) is 76.9 cm³/mol. The molecule has 0 saturated heterocycles. The van der Waals surface area contributed by atoms with E-state index in [1.54, 1.807) is 6.07 Å².